The number of carbonyl (C=O) groups excluding carboxylic acids is 1. The van der Waals surface area contributed by atoms with Crippen molar-refractivity contribution in [2.75, 3.05) is 11.4 Å². The summed E-state index contributed by atoms with van der Waals surface area (Å²) in [6.45, 7) is 0.694. The lowest BCUT2D eigenvalue weighted by atomic mass is 9.81. The van der Waals surface area contributed by atoms with Crippen molar-refractivity contribution < 1.29 is 14.7 Å². The van der Waals surface area contributed by atoms with Gasteiger partial charge in [-0.2, -0.15) is 0 Å². The maximum Gasteiger partial charge on any atom is 0.307 e. The van der Waals surface area contributed by atoms with Crippen molar-refractivity contribution in [3.63, 3.8) is 0 Å². The first kappa shape index (κ1) is 13.6. The number of hydrogen-bond donors (Lipinski definition) is 1. The van der Waals surface area contributed by atoms with E-state index >= 15 is 0 Å². The van der Waals surface area contributed by atoms with E-state index < -0.39 is 17.8 Å². The van der Waals surface area contributed by atoms with Crippen LogP contribution in [0.3, 0.4) is 0 Å². The van der Waals surface area contributed by atoms with Crippen molar-refractivity contribution in [3.8, 4) is 0 Å². The second kappa shape index (κ2) is 4.97. The summed E-state index contributed by atoms with van der Waals surface area (Å²) >= 11 is 0. The molecule has 4 nitrogen and oxygen atoms in total. The van der Waals surface area contributed by atoms with Crippen LogP contribution in [-0.4, -0.2) is 23.5 Å². The van der Waals surface area contributed by atoms with E-state index in [1.54, 1.807) is 0 Å². The zero-order valence-corrected chi connectivity index (χ0v) is 12.3. The van der Waals surface area contributed by atoms with Crippen LogP contribution in [-0.2, 0) is 16.0 Å². The fraction of sp³-hybridized carbons (Fsp3) is 0.444. The second-order valence-electron chi connectivity index (χ2n) is 6.56. The van der Waals surface area contributed by atoms with E-state index in [1.807, 2.05) is 35.3 Å². The number of hydrogen-bond acceptors (Lipinski definition) is 2. The number of fused-ring (bicyclic) bond motifs is 3. The van der Waals surface area contributed by atoms with Gasteiger partial charge in [0.25, 0.3) is 0 Å². The summed E-state index contributed by atoms with van der Waals surface area (Å²) in [6, 6.07) is 7.97. The molecule has 1 fully saturated rings. The molecule has 2 bridgehead atoms. The van der Waals surface area contributed by atoms with Crippen LogP contribution >= 0.6 is 0 Å². The number of amides is 1. The highest BCUT2D eigenvalue weighted by atomic mass is 16.4. The maximum absolute atomic E-state index is 13.1. The smallest absolute Gasteiger partial charge is 0.307 e. The van der Waals surface area contributed by atoms with Gasteiger partial charge in [0.05, 0.1) is 11.8 Å². The number of aryl methyl sites for hydroxylation is 1. The Hall–Kier alpha value is -2.10. The minimum absolute atomic E-state index is 0.00333. The molecule has 114 valence electrons. The first-order valence-electron chi connectivity index (χ1n) is 7.97. The standard InChI is InChI=1S/C18H19NO3/c20-17(15-12-7-8-13(10-12)16(15)18(21)22)19-9-3-5-11-4-1-2-6-14(11)19/h1-2,4,6-8,12-13,15-16H,3,5,9-10H2,(H,21,22)/t12-,13+,15-,16+/m0/s1. The highest BCUT2D eigenvalue weighted by Crippen LogP contribution is 2.49. The molecule has 0 saturated heterocycles. The number of nitrogens with zero attached hydrogens (tertiary/aromatic N) is 1. The van der Waals surface area contributed by atoms with Gasteiger partial charge in [-0.3, -0.25) is 9.59 Å². The highest BCUT2D eigenvalue weighted by Gasteiger charge is 2.52. The van der Waals surface area contributed by atoms with Crippen LogP contribution in [0.5, 0.6) is 0 Å². The van der Waals surface area contributed by atoms with Crippen molar-refractivity contribution in [3.05, 3.63) is 42.0 Å². The van der Waals surface area contributed by atoms with Crippen LogP contribution in [0.2, 0.25) is 0 Å². The fourth-order valence-corrected chi connectivity index (χ4v) is 4.44. The molecule has 4 rings (SSSR count). The lowest BCUT2D eigenvalue weighted by molar-refractivity contribution is -0.147. The number of carbonyl (C=O) groups is 2. The summed E-state index contributed by atoms with van der Waals surface area (Å²) in [7, 11) is 0. The third kappa shape index (κ3) is 1.90. The van der Waals surface area contributed by atoms with E-state index in [4.69, 9.17) is 0 Å². The predicted molar refractivity (Wildman–Crippen MR) is 82.5 cm³/mol. The minimum atomic E-state index is -0.833. The fourth-order valence-electron chi connectivity index (χ4n) is 4.44. The Bertz CT molecular complexity index is 666. The van der Waals surface area contributed by atoms with Gasteiger partial charge in [-0.1, -0.05) is 30.4 Å². The van der Waals surface area contributed by atoms with E-state index in [0.29, 0.717) is 6.54 Å². The van der Waals surface area contributed by atoms with Crippen LogP contribution in [0.15, 0.2) is 36.4 Å². The normalized spacial score (nSPS) is 32.1. The van der Waals surface area contributed by atoms with E-state index in [9.17, 15) is 14.7 Å². The molecule has 2 aliphatic carbocycles. The summed E-state index contributed by atoms with van der Waals surface area (Å²) < 4.78 is 0. The third-order valence-electron chi connectivity index (χ3n) is 5.41. The van der Waals surface area contributed by atoms with E-state index in [2.05, 4.69) is 6.07 Å². The third-order valence-corrected chi connectivity index (χ3v) is 5.41. The van der Waals surface area contributed by atoms with Gasteiger partial charge in [-0.25, -0.2) is 0 Å². The monoisotopic (exact) mass is 297 g/mol. The van der Waals surface area contributed by atoms with Crippen molar-refractivity contribution in [1.82, 2.24) is 0 Å². The highest BCUT2D eigenvalue weighted by molar-refractivity contribution is 5.99. The van der Waals surface area contributed by atoms with Crippen LogP contribution in [0.1, 0.15) is 18.4 Å². The van der Waals surface area contributed by atoms with E-state index in [-0.39, 0.29) is 17.7 Å². The summed E-state index contributed by atoms with van der Waals surface area (Å²) in [4.78, 5) is 26.6. The lowest BCUT2D eigenvalue weighted by Gasteiger charge is -2.34. The number of para-hydroxylation sites is 1. The largest absolute Gasteiger partial charge is 0.481 e. The molecule has 0 spiro atoms. The van der Waals surface area contributed by atoms with Crippen molar-refractivity contribution in [2.24, 2.45) is 23.7 Å². The quantitative estimate of drug-likeness (QED) is 0.853. The van der Waals surface area contributed by atoms with Crippen LogP contribution < -0.4 is 4.90 Å². The Balaban J connectivity index is 1.68. The Morgan fingerprint density at radius 3 is 2.59 bits per heavy atom. The average Bonchev–Trinajstić information content (AvgIpc) is 3.14. The van der Waals surface area contributed by atoms with Crippen molar-refractivity contribution in [2.45, 2.75) is 19.3 Å². The number of carboxylic acid groups (broad SMARTS) is 1. The summed E-state index contributed by atoms with van der Waals surface area (Å²) in [6.07, 6.45) is 6.76. The Kier molecular flexibility index (Phi) is 3.06. The molecule has 1 aromatic carbocycles. The number of benzene rings is 1. The topological polar surface area (TPSA) is 57.6 Å². The number of allylic oxidation sites excluding steroid dienone is 2. The molecule has 1 aliphatic heterocycles. The Labute approximate surface area is 129 Å². The molecule has 1 aromatic rings. The van der Waals surface area contributed by atoms with Crippen LogP contribution in [0, 0.1) is 23.7 Å². The molecule has 22 heavy (non-hydrogen) atoms. The predicted octanol–water partition coefficient (Wildman–Crippen LogP) is 2.49. The van der Waals surface area contributed by atoms with Gasteiger partial charge >= 0.3 is 5.97 Å². The number of aliphatic carboxylic acids is 1. The molecule has 1 heterocycles. The molecule has 1 N–H and O–H groups in total. The Morgan fingerprint density at radius 2 is 1.82 bits per heavy atom. The first-order valence-corrected chi connectivity index (χ1v) is 7.97. The van der Waals surface area contributed by atoms with E-state index in [0.717, 1.165) is 24.9 Å². The molecule has 1 saturated carbocycles. The molecule has 3 aliphatic rings. The van der Waals surface area contributed by atoms with Gasteiger partial charge in [0, 0.05) is 12.2 Å². The molecule has 4 atom stereocenters. The zero-order chi connectivity index (χ0) is 15.3. The number of carboxylic acids is 1. The van der Waals surface area contributed by atoms with Gasteiger partial charge in [0.1, 0.15) is 0 Å². The molecule has 0 radical (unpaired) electrons. The van der Waals surface area contributed by atoms with E-state index in [1.165, 1.54) is 5.56 Å². The van der Waals surface area contributed by atoms with Gasteiger partial charge in [-0.15, -0.1) is 0 Å². The summed E-state index contributed by atoms with van der Waals surface area (Å²) in [5.41, 5.74) is 2.15. The van der Waals surface area contributed by atoms with Gasteiger partial charge < -0.3 is 10.0 Å². The molecular formula is C18H19NO3. The van der Waals surface area contributed by atoms with Gasteiger partial charge in [-0.05, 0) is 42.7 Å². The maximum atomic E-state index is 13.1. The molecular weight excluding hydrogens is 278 g/mol. The van der Waals surface area contributed by atoms with Crippen LogP contribution in [0.25, 0.3) is 0 Å². The van der Waals surface area contributed by atoms with Gasteiger partial charge in [0.2, 0.25) is 5.91 Å². The summed E-state index contributed by atoms with van der Waals surface area (Å²) in [5.74, 6) is -1.68. The van der Waals surface area contributed by atoms with Crippen LogP contribution in [0.4, 0.5) is 5.69 Å². The number of rotatable bonds is 2. The lowest BCUT2D eigenvalue weighted by Crippen LogP contribution is -2.45. The van der Waals surface area contributed by atoms with Crippen molar-refractivity contribution >= 4 is 17.6 Å². The van der Waals surface area contributed by atoms with Gasteiger partial charge in [0.15, 0.2) is 0 Å². The SMILES string of the molecule is O=C(O)[C@H]1[C@@H](C(=O)N2CCCc3ccccc32)[C@H]2C=C[C@@H]1C2. The second-order valence-corrected chi connectivity index (χ2v) is 6.56. The molecule has 0 unspecified atom stereocenters. The minimum Gasteiger partial charge on any atom is -0.481 e. The Morgan fingerprint density at radius 1 is 1.09 bits per heavy atom. The number of anilines is 1. The average molecular weight is 297 g/mol. The molecule has 0 aromatic heterocycles. The molecule has 1 amide bonds. The first-order chi connectivity index (χ1) is 10.7. The zero-order valence-electron chi connectivity index (χ0n) is 12.3. The van der Waals surface area contributed by atoms with Crippen molar-refractivity contribution in [1.29, 1.82) is 0 Å². The molecule has 4 heteroatoms. The summed E-state index contributed by atoms with van der Waals surface area (Å²) in [5, 5.41) is 9.54.